The first-order valence-electron chi connectivity index (χ1n) is 10.2. The van der Waals surface area contributed by atoms with Gasteiger partial charge in [-0.05, 0) is 60.4 Å². The van der Waals surface area contributed by atoms with Crippen LogP contribution in [0.15, 0.2) is 107 Å². The highest BCUT2D eigenvalue weighted by Crippen LogP contribution is 2.36. The fraction of sp³-hybridized carbons (Fsp3) is 0.0714. The van der Waals surface area contributed by atoms with Gasteiger partial charge in [0.15, 0.2) is 0 Å². The molecule has 1 aliphatic carbocycles. The van der Waals surface area contributed by atoms with Gasteiger partial charge in [0.1, 0.15) is 0 Å². The first-order valence-corrected chi connectivity index (χ1v) is 10.2. The number of hydrogen-bond acceptors (Lipinski definition) is 2. The zero-order valence-corrected chi connectivity index (χ0v) is 17.1. The van der Waals surface area contributed by atoms with E-state index in [4.69, 9.17) is 9.98 Å². The van der Waals surface area contributed by atoms with Crippen molar-refractivity contribution < 1.29 is 0 Å². The van der Waals surface area contributed by atoms with Gasteiger partial charge in [-0.2, -0.15) is 0 Å². The highest BCUT2D eigenvalue weighted by Gasteiger charge is 2.26. The lowest BCUT2D eigenvalue weighted by Gasteiger charge is -2.23. The van der Waals surface area contributed by atoms with E-state index in [0.717, 1.165) is 33.9 Å². The minimum Gasteiger partial charge on any atom is -0.246 e. The van der Waals surface area contributed by atoms with Crippen molar-refractivity contribution in [3.63, 3.8) is 0 Å². The predicted octanol–water partition coefficient (Wildman–Crippen LogP) is 7.23. The van der Waals surface area contributed by atoms with Crippen molar-refractivity contribution in [2.24, 2.45) is 9.98 Å². The molecule has 2 nitrogen and oxygen atoms in total. The van der Waals surface area contributed by atoms with Crippen molar-refractivity contribution in [1.82, 2.24) is 0 Å². The van der Waals surface area contributed by atoms with E-state index in [0.29, 0.717) is 0 Å². The summed E-state index contributed by atoms with van der Waals surface area (Å²) in [5.74, 6) is 0. The molecule has 0 unspecified atom stereocenters. The fourth-order valence-electron chi connectivity index (χ4n) is 3.98. The molecule has 144 valence electrons. The first-order chi connectivity index (χ1) is 14.7. The molecule has 0 heterocycles. The maximum Gasteiger partial charge on any atom is 0.0978 e. The van der Waals surface area contributed by atoms with Crippen LogP contribution in [0.1, 0.15) is 22.3 Å². The topological polar surface area (TPSA) is 24.7 Å². The van der Waals surface area contributed by atoms with E-state index in [1.165, 1.54) is 22.3 Å². The SMILES string of the molecule is Cc1cccc(N=C2C(=Nc3cccc(C)c3)c3ccccc3-c3ccccc32)c1. The number of aryl methyl sites for hydroxylation is 2. The normalized spacial score (nSPS) is 15.1. The molecule has 0 saturated heterocycles. The molecule has 1 aliphatic rings. The van der Waals surface area contributed by atoms with Crippen molar-refractivity contribution in [2.75, 3.05) is 0 Å². The quantitative estimate of drug-likeness (QED) is 0.347. The lowest BCUT2D eigenvalue weighted by Crippen LogP contribution is -2.23. The van der Waals surface area contributed by atoms with Gasteiger partial charge in [0.05, 0.1) is 22.8 Å². The van der Waals surface area contributed by atoms with Gasteiger partial charge in [0.2, 0.25) is 0 Å². The maximum atomic E-state index is 5.11. The number of benzene rings is 4. The van der Waals surface area contributed by atoms with Crippen LogP contribution in [0.5, 0.6) is 0 Å². The summed E-state index contributed by atoms with van der Waals surface area (Å²) in [5.41, 5.74) is 10.7. The number of nitrogens with zero attached hydrogens (tertiary/aromatic N) is 2. The summed E-state index contributed by atoms with van der Waals surface area (Å²) in [6.07, 6.45) is 0. The van der Waals surface area contributed by atoms with Crippen molar-refractivity contribution in [3.8, 4) is 11.1 Å². The van der Waals surface area contributed by atoms with Gasteiger partial charge in [-0.15, -0.1) is 0 Å². The summed E-state index contributed by atoms with van der Waals surface area (Å²) in [6.45, 7) is 4.19. The van der Waals surface area contributed by atoms with Crippen LogP contribution in [0.3, 0.4) is 0 Å². The molecule has 0 spiro atoms. The predicted molar refractivity (Wildman–Crippen MR) is 127 cm³/mol. The second-order valence-electron chi connectivity index (χ2n) is 7.69. The standard InChI is InChI=1S/C28H22N2/c1-19-9-7-11-21(17-19)29-27-25-15-5-3-13-23(25)24-14-4-6-16-26(24)28(27)30-22-12-8-10-20(2)18-22/h3-18H,1-2H3. The van der Waals surface area contributed by atoms with Crippen molar-refractivity contribution >= 4 is 22.8 Å². The second-order valence-corrected chi connectivity index (χ2v) is 7.69. The van der Waals surface area contributed by atoms with Crippen LogP contribution >= 0.6 is 0 Å². The van der Waals surface area contributed by atoms with Crippen molar-refractivity contribution in [1.29, 1.82) is 0 Å². The summed E-state index contributed by atoms with van der Waals surface area (Å²) < 4.78 is 0. The molecule has 0 amide bonds. The third-order valence-electron chi connectivity index (χ3n) is 5.36. The molecule has 0 atom stereocenters. The van der Waals surface area contributed by atoms with Gasteiger partial charge in [-0.1, -0.05) is 72.8 Å². The number of hydrogen-bond donors (Lipinski definition) is 0. The largest absolute Gasteiger partial charge is 0.246 e. The molecule has 0 aliphatic heterocycles. The molecule has 0 saturated carbocycles. The van der Waals surface area contributed by atoms with E-state index in [9.17, 15) is 0 Å². The molecular formula is C28H22N2. The van der Waals surface area contributed by atoms with Gasteiger partial charge < -0.3 is 0 Å². The molecule has 2 heteroatoms. The average Bonchev–Trinajstić information content (AvgIpc) is 2.76. The van der Waals surface area contributed by atoms with E-state index < -0.39 is 0 Å². The minimum absolute atomic E-state index is 0.913. The van der Waals surface area contributed by atoms with E-state index >= 15 is 0 Å². The highest BCUT2D eigenvalue weighted by atomic mass is 14.8. The first kappa shape index (κ1) is 18.3. The van der Waals surface area contributed by atoms with Crippen LogP contribution in [0.4, 0.5) is 11.4 Å². The summed E-state index contributed by atoms with van der Waals surface area (Å²) in [6, 6.07) is 33.6. The Labute approximate surface area is 177 Å². The Kier molecular flexibility index (Phi) is 4.61. The molecule has 5 rings (SSSR count). The van der Waals surface area contributed by atoms with Crippen LogP contribution in [0.2, 0.25) is 0 Å². The minimum atomic E-state index is 0.913. The molecule has 0 aromatic heterocycles. The molecule has 0 fully saturated rings. The van der Waals surface area contributed by atoms with Crippen LogP contribution in [-0.4, -0.2) is 11.4 Å². The van der Waals surface area contributed by atoms with Gasteiger partial charge in [0.25, 0.3) is 0 Å². The Morgan fingerprint density at radius 1 is 0.433 bits per heavy atom. The maximum absolute atomic E-state index is 5.11. The molecule has 0 bridgehead atoms. The molecule has 0 radical (unpaired) electrons. The number of aliphatic imine (C=N–C) groups is 2. The molecule has 30 heavy (non-hydrogen) atoms. The summed E-state index contributed by atoms with van der Waals surface area (Å²) in [5, 5.41) is 0. The van der Waals surface area contributed by atoms with Crippen LogP contribution in [0, 0.1) is 13.8 Å². The van der Waals surface area contributed by atoms with Crippen LogP contribution in [0.25, 0.3) is 11.1 Å². The summed E-state index contributed by atoms with van der Waals surface area (Å²) in [4.78, 5) is 10.2. The number of rotatable bonds is 2. The Bertz CT molecular complexity index is 1210. The average molecular weight is 386 g/mol. The van der Waals surface area contributed by atoms with Crippen LogP contribution in [-0.2, 0) is 0 Å². The van der Waals surface area contributed by atoms with Crippen LogP contribution < -0.4 is 0 Å². The van der Waals surface area contributed by atoms with E-state index in [1.54, 1.807) is 0 Å². The molecule has 0 N–H and O–H groups in total. The van der Waals surface area contributed by atoms with Gasteiger partial charge in [-0.3, -0.25) is 0 Å². The van der Waals surface area contributed by atoms with E-state index in [2.05, 4.69) is 98.8 Å². The molecule has 4 aromatic rings. The van der Waals surface area contributed by atoms with Gasteiger partial charge >= 0.3 is 0 Å². The lowest BCUT2D eigenvalue weighted by atomic mass is 9.82. The Morgan fingerprint density at radius 3 is 1.23 bits per heavy atom. The van der Waals surface area contributed by atoms with Gasteiger partial charge in [-0.25, -0.2) is 9.98 Å². The number of fused-ring (bicyclic) bond motifs is 3. The zero-order valence-electron chi connectivity index (χ0n) is 17.1. The Balaban J connectivity index is 1.81. The monoisotopic (exact) mass is 386 g/mol. The van der Waals surface area contributed by atoms with E-state index in [1.807, 2.05) is 12.1 Å². The highest BCUT2D eigenvalue weighted by molar-refractivity contribution is 6.57. The smallest absolute Gasteiger partial charge is 0.0978 e. The third kappa shape index (κ3) is 3.37. The molecule has 4 aromatic carbocycles. The fourth-order valence-corrected chi connectivity index (χ4v) is 3.98. The molecular weight excluding hydrogens is 364 g/mol. The Hall–Kier alpha value is -3.78. The summed E-state index contributed by atoms with van der Waals surface area (Å²) >= 11 is 0. The van der Waals surface area contributed by atoms with Gasteiger partial charge in [0, 0.05) is 11.1 Å². The Morgan fingerprint density at radius 2 is 0.833 bits per heavy atom. The van der Waals surface area contributed by atoms with E-state index in [-0.39, 0.29) is 0 Å². The summed E-state index contributed by atoms with van der Waals surface area (Å²) in [7, 11) is 0. The lowest BCUT2D eigenvalue weighted by molar-refractivity contribution is 1.40. The zero-order chi connectivity index (χ0) is 20.5. The third-order valence-corrected chi connectivity index (χ3v) is 5.36. The van der Waals surface area contributed by atoms with Crippen molar-refractivity contribution in [3.05, 3.63) is 119 Å². The van der Waals surface area contributed by atoms with Crippen molar-refractivity contribution in [2.45, 2.75) is 13.8 Å². The second kappa shape index (κ2) is 7.57.